The van der Waals surface area contributed by atoms with Crippen molar-refractivity contribution in [3.8, 4) is 0 Å². The van der Waals surface area contributed by atoms with Gasteiger partial charge in [-0.05, 0) is 36.3 Å². The number of nitrogens with two attached hydrogens (primary N) is 1. The summed E-state index contributed by atoms with van der Waals surface area (Å²) in [5.41, 5.74) is 8.07. The van der Waals surface area contributed by atoms with E-state index in [1.165, 1.54) is 7.11 Å². The highest BCUT2D eigenvalue weighted by atomic mass is 35.5. The van der Waals surface area contributed by atoms with E-state index in [1.807, 2.05) is 11.1 Å². The predicted octanol–water partition coefficient (Wildman–Crippen LogP) is 2.09. The van der Waals surface area contributed by atoms with E-state index in [2.05, 4.69) is 4.98 Å². The van der Waals surface area contributed by atoms with Crippen molar-refractivity contribution in [1.29, 1.82) is 0 Å². The molecule has 0 amide bonds. The maximum atomic E-state index is 11.9. The highest BCUT2D eigenvalue weighted by molar-refractivity contribution is 7.80. The second kappa shape index (κ2) is 6.96. The molecule has 6 nitrogen and oxygen atoms in total. The topological polar surface area (TPSA) is 80.6 Å². The molecule has 128 valence electrons. The van der Waals surface area contributed by atoms with Gasteiger partial charge in [0.15, 0.2) is 5.11 Å². The van der Waals surface area contributed by atoms with Crippen molar-refractivity contribution in [2.24, 2.45) is 5.73 Å². The van der Waals surface area contributed by atoms with Gasteiger partial charge in [0.1, 0.15) is 0 Å². The van der Waals surface area contributed by atoms with Crippen LogP contribution in [-0.4, -0.2) is 53.9 Å². The normalized spacial score (nSPS) is 17.9. The Hall–Kier alpha value is -1.83. The molecule has 2 aromatic rings. The summed E-state index contributed by atoms with van der Waals surface area (Å²) in [7, 11) is 1.33. The molecule has 1 fully saturated rings. The molecule has 1 aliphatic heterocycles. The van der Waals surface area contributed by atoms with E-state index in [-0.39, 0.29) is 6.04 Å². The number of fused-ring (bicyclic) bond motifs is 1. The molecule has 3 N–H and O–H groups in total. The smallest absolute Gasteiger partial charge is 0.339 e. The number of carbonyl (C=O) groups excluding carboxylic acids is 1. The van der Waals surface area contributed by atoms with Crippen molar-refractivity contribution in [2.75, 3.05) is 26.9 Å². The number of H-pyrrole nitrogens is 1. The maximum absolute atomic E-state index is 11.9. The number of nitrogens with zero attached hydrogens (tertiary/aromatic N) is 1. The number of hydrogen-bond acceptors (Lipinski definition) is 4. The summed E-state index contributed by atoms with van der Waals surface area (Å²) in [6.45, 7) is 1.85. The van der Waals surface area contributed by atoms with Gasteiger partial charge in [-0.15, -0.1) is 0 Å². The quantitative estimate of drug-likeness (QED) is 0.638. The molecule has 1 atom stereocenters. The monoisotopic (exact) mass is 367 g/mol. The number of thiocarbonyl (C=S) groups is 1. The molecule has 1 aliphatic rings. The summed E-state index contributed by atoms with van der Waals surface area (Å²) < 4.78 is 10.3. The average molecular weight is 368 g/mol. The van der Waals surface area contributed by atoms with Crippen LogP contribution in [0.1, 0.15) is 15.9 Å². The highest BCUT2D eigenvalue weighted by Crippen LogP contribution is 2.28. The molecule has 2 heterocycles. The Morgan fingerprint density at radius 2 is 2.38 bits per heavy atom. The molecule has 0 aliphatic carbocycles. The number of ether oxygens (including phenoxy) is 2. The fourth-order valence-corrected chi connectivity index (χ4v) is 3.49. The van der Waals surface area contributed by atoms with Crippen molar-refractivity contribution in [2.45, 2.75) is 12.5 Å². The van der Waals surface area contributed by atoms with Gasteiger partial charge in [0.25, 0.3) is 0 Å². The lowest BCUT2D eigenvalue weighted by Gasteiger charge is -2.36. The molecule has 1 aromatic carbocycles. The van der Waals surface area contributed by atoms with Crippen molar-refractivity contribution in [3.63, 3.8) is 0 Å². The van der Waals surface area contributed by atoms with Gasteiger partial charge in [-0.2, -0.15) is 0 Å². The number of nitrogens with one attached hydrogen (secondary N) is 1. The minimum atomic E-state index is -0.459. The standard InChI is InChI=1S/C16H18ClN3O3S/c1-22-15(21)12-5-11-9(7-19-14(11)6-13(12)17)4-10-8-23-3-2-20(10)16(18)24/h5-7,10,19H,2-4,8H2,1H3,(H2,18,24)/t10-/m0/s1. The van der Waals surface area contributed by atoms with Crippen LogP contribution in [0.15, 0.2) is 18.3 Å². The molecule has 24 heavy (non-hydrogen) atoms. The van der Waals surface area contributed by atoms with Crippen LogP contribution < -0.4 is 5.73 Å². The van der Waals surface area contributed by atoms with Crippen LogP contribution in [0.25, 0.3) is 10.9 Å². The molecule has 0 saturated carbocycles. The molecule has 0 unspecified atom stereocenters. The first-order valence-electron chi connectivity index (χ1n) is 7.53. The summed E-state index contributed by atoms with van der Waals surface area (Å²) in [4.78, 5) is 17.0. The third-order valence-corrected chi connectivity index (χ3v) is 4.77. The lowest BCUT2D eigenvalue weighted by Crippen LogP contribution is -2.51. The number of esters is 1. The van der Waals surface area contributed by atoms with E-state index < -0.39 is 5.97 Å². The zero-order valence-corrected chi connectivity index (χ0v) is 14.7. The number of hydrogen-bond donors (Lipinski definition) is 2. The van der Waals surface area contributed by atoms with Crippen molar-refractivity contribution in [1.82, 2.24) is 9.88 Å². The Kier molecular flexibility index (Phi) is 4.93. The maximum Gasteiger partial charge on any atom is 0.339 e. The van der Waals surface area contributed by atoms with Crippen LogP contribution in [0, 0.1) is 0 Å². The molecule has 8 heteroatoms. The number of morpholine rings is 1. The molecule has 3 rings (SSSR count). The van der Waals surface area contributed by atoms with Crippen molar-refractivity contribution in [3.05, 3.63) is 34.5 Å². The predicted molar refractivity (Wildman–Crippen MR) is 96.5 cm³/mol. The Labute approximate surface area is 149 Å². The lowest BCUT2D eigenvalue weighted by molar-refractivity contribution is 0.0274. The third kappa shape index (κ3) is 3.19. The van der Waals surface area contributed by atoms with Gasteiger partial charge in [-0.25, -0.2) is 4.79 Å². The Morgan fingerprint density at radius 1 is 1.58 bits per heavy atom. The van der Waals surface area contributed by atoms with E-state index in [4.69, 9.17) is 39.0 Å². The fourth-order valence-electron chi connectivity index (χ4n) is 3.00. The second-order valence-electron chi connectivity index (χ2n) is 5.65. The van der Waals surface area contributed by atoms with Crippen LogP contribution in [0.2, 0.25) is 5.02 Å². The molecular formula is C16H18ClN3O3S. The van der Waals surface area contributed by atoms with Gasteiger partial charge in [0.05, 0.1) is 37.0 Å². The van der Waals surface area contributed by atoms with Crippen LogP contribution in [0.3, 0.4) is 0 Å². The van der Waals surface area contributed by atoms with E-state index in [0.29, 0.717) is 41.9 Å². The molecular weight excluding hydrogens is 350 g/mol. The zero-order valence-electron chi connectivity index (χ0n) is 13.2. The first kappa shape index (κ1) is 17.0. The summed E-state index contributed by atoms with van der Waals surface area (Å²) >= 11 is 11.3. The zero-order chi connectivity index (χ0) is 17.3. The van der Waals surface area contributed by atoms with Gasteiger partial charge in [0, 0.05) is 23.6 Å². The summed E-state index contributed by atoms with van der Waals surface area (Å²) in [6.07, 6.45) is 2.61. The number of aromatic amines is 1. The minimum Gasteiger partial charge on any atom is -0.465 e. The van der Waals surface area contributed by atoms with Crippen molar-refractivity contribution < 1.29 is 14.3 Å². The fraction of sp³-hybridized carbons (Fsp3) is 0.375. The molecule has 0 radical (unpaired) electrons. The van der Waals surface area contributed by atoms with E-state index in [1.54, 1.807) is 12.1 Å². The SMILES string of the molecule is COC(=O)c1cc2c(C[C@H]3COCCN3C(N)=S)c[nH]c2cc1Cl. The van der Waals surface area contributed by atoms with Gasteiger partial charge in [-0.1, -0.05) is 11.6 Å². The summed E-state index contributed by atoms with van der Waals surface area (Å²) in [5, 5.41) is 1.66. The van der Waals surface area contributed by atoms with Crippen molar-refractivity contribution >= 4 is 45.8 Å². The van der Waals surface area contributed by atoms with E-state index >= 15 is 0 Å². The first-order chi connectivity index (χ1) is 11.5. The molecule has 1 aromatic heterocycles. The largest absolute Gasteiger partial charge is 0.465 e. The molecule has 0 bridgehead atoms. The van der Waals surface area contributed by atoms with Gasteiger partial charge >= 0.3 is 5.97 Å². The van der Waals surface area contributed by atoms with E-state index in [9.17, 15) is 4.79 Å². The summed E-state index contributed by atoms with van der Waals surface area (Å²) in [6, 6.07) is 3.55. The number of aromatic nitrogens is 1. The van der Waals surface area contributed by atoms with Gasteiger partial charge < -0.3 is 25.1 Å². The number of carbonyl (C=O) groups is 1. The van der Waals surface area contributed by atoms with Crippen LogP contribution in [0.5, 0.6) is 0 Å². The van der Waals surface area contributed by atoms with Gasteiger partial charge in [0.2, 0.25) is 0 Å². The first-order valence-corrected chi connectivity index (χ1v) is 8.31. The van der Waals surface area contributed by atoms with E-state index in [0.717, 1.165) is 16.5 Å². The second-order valence-corrected chi connectivity index (χ2v) is 6.47. The third-order valence-electron chi connectivity index (χ3n) is 4.23. The summed E-state index contributed by atoms with van der Waals surface area (Å²) in [5.74, 6) is -0.459. The minimum absolute atomic E-state index is 0.0625. The number of methoxy groups -OCH3 is 1. The lowest BCUT2D eigenvalue weighted by atomic mass is 10.0. The Morgan fingerprint density at radius 3 is 3.08 bits per heavy atom. The van der Waals surface area contributed by atoms with Gasteiger partial charge in [-0.3, -0.25) is 0 Å². The highest BCUT2D eigenvalue weighted by Gasteiger charge is 2.25. The van der Waals surface area contributed by atoms with Crippen LogP contribution >= 0.6 is 23.8 Å². The van der Waals surface area contributed by atoms with Crippen LogP contribution in [-0.2, 0) is 15.9 Å². The molecule has 0 spiro atoms. The average Bonchev–Trinajstić information content (AvgIpc) is 2.95. The Balaban J connectivity index is 1.94. The number of benzene rings is 1. The number of rotatable bonds is 3. The Bertz CT molecular complexity index is 792. The van der Waals surface area contributed by atoms with Crippen LogP contribution in [0.4, 0.5) is 0 Å². The molecule has 1 saturated heterocycles. The number of halogens is 1.